The van der Waals surface area contributed by atoms with Crippen LogP contribution in [-0.2, 0) is 9.53 Å². The number of ether oxygens (including phenoxy) is 1. The number of rotatable bonds is 2. The predicted molar refractivity (Wildman–Crippen MR) is 97.9 cm³/mol. The predicted octanol–water partition coefficient (Wildman–Crippen LogP) is 4.79. The Kier molecular flexibility index (Phi) is 4.53. The Balaban J connectivity index is 2.00. The Morgan fingerprint density at radius 2 is 2.00 bits per heavy atom. The molecule has 2 amide bonds. The van der Waals surface area contributed by atoms with Gasteiger partial charge in [0.25, 0.3) is 0 Å². The average Bonchev–Trinajstić information content (AvgIpc) is 2.92. The van der Waals surface area contributed by atoms with E-state index in [1.807, 2.05) is 0 Å². The average molecular weight is 347 g/mol. The fourth-order valence-corrected chi connectivity index (χ4v) is 5.23. The Hall–Kier alpha value is -1.32. The number of carbonyl (C=O) groups is 2. The van der Waals surface area contributed by atoms with Gasteiger partial charge in [0, 0.05) is 0 Å². The summed E-state index contributed by atoms with van der Waals surface area (Å²) in [5, 5.41) is 0. The van der Waals surface area contributed by atoms with Gasteiger partial charge in [-0.2, -0.15) is 0 Å². The first-order valence-electron chi connectivity index (χ1n) is 9.81. The fourth-order valence-electron chi connectivity index (χ4n) is 5.23. The summed E-state index contributed by atoms with van der Waals surface area (Å²) in [4.78, 5) is 27.5. The second-order valence-electron chi connectivity index (χ2n) is 9.47. The first-order chi connectivity index (χ1) is 11.6. The van der Waals surface area contributed by atoms with E-state index in [4.69, 9.17) is 4.74 Å². The molecule has 4 nitrogen and oxygen atoms in total. The molecule has 1 heterocycles. The van der Waals surface area contributed by atoms with Crippen molar-refractivity contribution in [2.45, 2.75) is 73.3 Å². The summed E-state index contributed by atoms with van der Waals surface area (Å²) in [5.41, 5.74) is 1.05. The van der Waals surface area contributed by atoms with Gasteiger partial charge in [0.15, 0.2) is 0 Å². The minimum Gasteiger partial charge on any atom is -0.447 e. The van der Waals surface area contributed by atoms with Crippen LogP contribution in [0.3, 0.4) is 0 Å². The molecule has 1 saturated heterocycles. The van der Waals surface area contributed by atoms with Crippen molar-refractivity contribution in [3.05, 3.63) is 11.6 Å². The summed E-state index contributed by atoms with van der Waals surface area (Å²) < 4.78 is 5.26. The number of hydrogen-bond acceptors (Lipinski definition) is 3. The Morgan fingerprint density at radius 1 is 1.32 bits per heavy atom. The van der Waals surface area contributed by atoms with Gasteiger partial charge in [-0.15, -0.1) is 0 Å². The maximum atomic E-state index is 13.7. The van der Waals surface area contributed by atoms with Crippen LogP contribution in [0.25, 0.3) is 0 Å². The second-order valence-corrected chi connectivity index (χ2v) is 9.47. The van der Waals surface area contributed by atoms with Gasteiger partial charge < -0.3 is 4.74 Å². The van der Waals surface area contributed by atoms with Crippen molar-refractivity contribution >= 4 is 12.0 Å². The lowest BCUT2D eigenvalue weighted by molar-refractivity contribution is -0.147. The molecule has 1 aliphatic heterocycles. The molecule has 0 spiro atoms. The van der Waals surface area contributed by atoms with Crippen LogP contribution in [0.1, 0.15) is 67.2 Å². The third kappa shape index (κ3) is 2.72. The van der Waals surface area contributed by atoms with Crippen molar-refractivity contribution in [2.75, 3.05) is 6.61 Å². The van der Waals surface area contributed by atoms with Crippen LogP contribution in [0.2, 0.25) is 0 Å². The number of carbonyl (C=O) groups excluding carboxylic acids is 2. The van der Waals surface area contributed by atoms with Gasteiger partial charge in [0.2, 0.25) is 5.91 Å². The molecule has 1 saturated carbocycles. The van der Waals surface area contributed by atoms with E-state index in [0.29, 0.717) is 6.61 Å². The van der Waals surface area contributed by atoms with Crippen LogP contribution >= 0.6 is 0 Å². The van der Waals surface area contributed by atoms with Crippen LogP contribution in [0.4, 0.5) is 4.79 Å². The summed E-state index contributed by atoms with van der Waals surface area (Å²) in [5.74, 6) is 0.641. The molecule has 0 bridgehead atoms. The van der Waals surface area contributed by atoms with Gasteiger partial charge in [-0.3, -0.25) is 4.79 Å². The SMILES string of the molecule is CC(C)[C@H]1COC(=O)N1C(=O)[C@@]1(C)[C@@H]2CCCC(C)(C)C2=CC[C@@H]1C. The van der Waals surface area contributed by atoms with E-state index >= 15 is 0 Å². The molecule has 4 heteroatoms. The second kappa shape index (κ2) is 6.14. The van der Waals surface area contributed by atoms with E-state index in [9.17, 15) is 9.59 Å². The summed E-state index contributed by atoms with van der Waals surface area (Å²) in [6.07, 6.45) is 6.19. The summed E-state index contributed by atoms with van der Waals surface area (Å²) >= 11 is 0. The van der Waals surface area contributed by atoms with E-state index in [0.717, 1.165) is 19.3 Å². The normalized spacial score (nSPS) is 37.6. The van der Waals surface area contributed by atoms with E-state index in [2.05, 4.69) is 47.6 Å². The molecule has 3 aliphatic rings. The molecule has 2 aliphatic carbocycles. The monoisotopic (exact) mass is 347 g/mol. The largest absolute Gasteiger partial charge is 0.447 e. The first kappa shape index (κ1) is 18.5. The molecule has 0 N–H and O–H groups in total. The summed E-state index contributed by atoms with van der Waals surface area (Å²) in [6, 6.07) is -0.144. The zero-order valence-corrected chi connectivity index (χ0v) is 16.6. The minimum absolute atomic E-state index is 0.0190. The van der Waals surface area contributed by atoms with Gasteiger partial charge in [-0.05, 0) is 49.4 Å². The number of nitrogens with zero attached hydrogens (tertiary/aromatic N) is 1. The quantitative estimate of drug-likeness (QED) is 0.675. The fraction of sp³-hybridized carbons (Fsp3) is 0.810. The molecular formula is C21H33NO3. The number of amides is 2. The maximum absolute atomic E-state index is 13.7. The van der Waals surface area contributed by atoms with Crippen molar-refractivity contribution < 1.29 is 14.3 Å². The van der Waals surface area contributed by atoms with E-state index in [1.54, 1.807) is 0 Å². The molecule has 3 rings (SSSR count). The van der Waals surface area contributed by atoms with E-state index in [1.165, 1.54) is 16.9 Å². The lowest BCUT2D eigenvalue weighted by Crippen LogP contribution is -2.56. The molecule has 140 valence electrons. The number of fused-ring (bicyclic) bond motifs is 1. The Morgan fingerprint density at radius 3 is 2.64 bits per heavy atom. The molecule has 0 aromatic carbocycles. The van der Waals surface area contributed by atoms with Crippen molar-refractivity contribution in [3.63, 3.8) is 0 Å². The number of allylic oxidation sites excluding steroid dienone is 2. The molecular weight excluding hydrogens is 314 g/mol. The van der Waals surface area contributed by atoms with Crippen molar-refractivity contribution in [3.8, 4) is 0 Å². The van der Waals surface area contributed by atoms with E-state index < -0.39 is 11.5 Å². The summed E-state index contributed by atoms with van der Waals surface area (Å²) in [7, 11) is 0. The highest BCUT2D eigenvalue weighted by Gasteiger charge is 2.56. The molecule has 0 unspecified atom stereocenters. The van der Waals surface area contributed by atoms with Crippen LogP contribution in [0.5, 0.6) is 0 Å². The third-order valence-corrected chi connectivity index (χ3v) is 7.25. The van der Waals surface area contributed by atoms with Crippen molar-refractivity contribution in [1.82, 2.24) is 4.90 Å². The molecule has 0 aromatic rings. The molecule has 25 heavy (non-hydrogen) atoms. The summed E-state index contributed by atoms with van der Waals surface area (Å²) in [6.45, 7) is 13.3. The van der Waals surface area contributed by atoms with Crippen LogP contribution in [-0.4, -0.2) is 29.5 Å². The van der Waals surface area contributed by atoms with Gasteiger partial charge in [0.1, 0.15) is 6.61 Å². The third-order valence-electron chi connectivity index (χ3n) is 7.25. The zero-order chi connectivity index (χ0) is 18.6. The highest BCUT2D eigenvalue weighted by molar-refractivity contribution is 5.97. The molecule has 0 radical (unpaired) electrons. The number of hydrogen-bond donors (Lipinski definition) is 0. The van der Waals surface area contributed by atoms with Gasteiger partial charge >= 0.3 is 6.09 Å². The number of imide groups is 1. The van der Waals surface area contributed by atoms with Gasteiger partial charge in [-0.25, -0.2) is 9.69 Å². The standard InChI is InChI=1S/C21H33NO3/c1-13(2)17-12-25-19(24)22(17)18(23)21(6)14(3)9-10-15-16(21)8-7-11-20(15,4)5/h10,13-14,16-17H,7-9,11-12H2,1-6H3/t14-,16+,17+,21+/m0/s1. The van der Waals surface area contributed by atoms with Crippen molar-refractivity contribution in [1.29, 1.82) is 0 Å². The smallest absolute Gasteiger partial charge is 0.417 e. The molecule has 0 aromatic heterocycles. The number of cyclic esters (lactones) is 1. The Labute approximate surface area is 152 Å². The highest BCUT2D eigenvalue weighted by Crippen LogP contribution is 2.57. The van der Waals surface area contributed by atoms with Crippen LogP contribution in [0.15, 0.2) is 11.6 Å². The lowest BCUT2D eigenvalue weighted by atomic mass is 9.52. The Bertz CT molecular complexity index is 606. The highest BCUT2D eigenvalue weighted by atomic mass is 16.6. The minimum atomic E-state index is -0.529. The molecule has 2 fully saturated rings. The van der Waals surface area contributed by atoms with E-state index in [-0.39, 0.29) is 35.1 Å². The van der Waals surface area contributed by atoms with Crippen molar-refractivity contribution in [2.24, 2.45) is 28.6 Å². The molecule has 4 atom stereocenters. The van der Waals surface area contributed by atoms with Gasteiger partial charge in [0.05, 0.1) is 11.5 Å². The zero-order valence-electron chi connectivity index (χ0n) is 16.6. The van der Waals surface area contributed by atoms with Crippen LogP contribution in [0, 0.1) is 28.6 Å². The topological polar surface area (TPSA) is 46.6 Å². The van der Waals surface area contributed by atoms with Gasteiger partial charge in [-0.1, -0.05) is 52.7 Å². The van der Waals surface area contributed by atoms with Crippen LogP contribution < -0.4 is 0 Å². The maximum Gasteiger partial charge on any atom is 0.417 e. The first-order valence-corrected chi connectivity index (χ1v) is 9.81. The lowest BCUT2D eigenvalue weighted by Gasteiger charge is -2.52.